The van der Waals surface area contributed by atoms with E-state index in [-0.39, 0.29) is 5.97 Å². The van der Waals surface area contributed by atoms with Gasteiger partial charge in [0.15, 0.2) is 5.82 Å². The summed E-state index contributed by atoms with van der Waals surface area (Å²) in [5, 5.41) is 3.14. The molecule has 0 radical (unpaired) electrons. The molecule has 0 saturated heterocycles. The second kappa shape index (κ2) is 9.62. The van der Waals surface area contributed by atoms with Crippen molar-refractivity contribution in [3.05, 3.63) is 47.0 Å². The fourth-order valence-electron chi connectivity index (χ4n) is 2.91. The standard InChI is InChI=1S/C22H30FN3O2/c1-6-8-17-13-18(26-21-24-14-19(23)15(2)25-21)12-11-16(17)9-7-10-20(27)28-22(3,4)5/h11-14H,6-10H2,1-5H3,(H,24,25,26). The fraction of sp³-hybridized carbons (Fsp3) is 0.500. The number of halogens is 1. The van der Waals surface area contributed by atoms with Gasteiger partial charge in [-0.3, -0.25) is 4.79 Å². The average molecular weight is 387 g/mol. The molecular weight excluding hydrogens is 357 g/mol. The number of benzene rings is 1. The molecule has 1 aromatic carbocycles. The lowest BCUT2D eigenvalue weighted by Gasteiger charge is -2.19. The highest BCUT2D eigenvalue weighted by Crippen LogP contribution is 2.22. The van der Waals surface area contributed by atoms with Crippen LogP contribution in [0.25, 0.3) is 0 Å². The Morgan fingerprint density at radius 2 is 1.96 bits per heavy atom. The number of carbonyl (C=O) groups is 1. The first-order valence-corrected chi connectivity index (χ1v) is 9.77. The van der Waals surface area contributed by atoms with Crippen LogP contribution in [0.15, 0.2) is 24.4 Å². The van der Waals surface area contributed by atoms with Crippen molar-refractivity contribution in [2.75, 3.05) is 5.32 Å². The van der Waals surface area contributed by atoms with Crippen molar-refractivity contribution in [1.82, 2.24) is 9.97 Å². The minimum Gasteiger partial charge on any atom is -0.460 e. The van der Waals surface area contributed by atoms with E-state index in [2.05, 4.69) is 34.3 Å². The highest BCUT2D eigenvalue weighted by atomic mass is 19.1. The first-order chi connectivity index (χ1) is 13.2. The number of anilines is 2. The third-order valence-electron chi connectivity index (χ3n) is 4.15. The SMILES string of the molecule is CCCc1cc(Nc2ncc(F)c(C)n2)ccc1CCCC(=O)OC(C)(C)C. The average Bonchev–Trinajstić information content (AvgIpc) is 2.59. The minimum atomic E-state index is -0.446. The third kappa shape index (κ3) is 6.91. The van der Waals surface area contributed by atoms with E-state index >= 15 is 0 Å². The van der Waals surface area contributed by atoms with Crippen LogP contribution in [0.4, 0.5) is 16.0 Å². The van der Waals surface area contributed by atoms with E-state index in [4.69, 9.17) is 4.74 Å². The van der Waals surface area contributed by atoms with Crippen molar-refractivity contribution in [3.63, 3.8) is 0 Å². The second-order valence-electron chi connectivity index (χ2n) is 7.93. The lowest BCUT2D eigenvalue weighted by molar-refractivity contribution is -0.154. The molecule has 0 aliphatic heterocycles. The van der Waals surface area contributed by atoms with Crippen LogP contribution in [0.3, 0.4) is 0 Å². The Bertz CT molecular complexity index is 816. The number of aryl methyl sites for hydroxylation is 3. The molecule has 0 bridgehead atoms. The van der Waals surface area contributed by atoms with E-state index in [9.17, 15) is 9.18 Å². The summed E-state index contributed by atoms with van der Waals surface area (Å²) in [5.74, 6) is -0.205. The van der Waals surface area contributed by atoms with Crippen LogP contribution in [0.5, 0.6) is 0 Å². The molecule has 0 unspecified atom stereocenters. The van der Waals surface area contributed by atoms with Gasteiger partial charge in [-0.2, -0.15) is 0 Å². The number of hydrogen-bond acceptors (Lipinski definition) is 5. The summed E-state index contributed by atoms with van der Waals surface area (Å²) < 4.78 is 18.7. The van der Waals surface area contributed by atoms with Gasteiger partial charge in [-0.05, 0) is 70.2 Å². The number of rotatable bonds is 8. The Morgan fingerprint density at radius 1 is 1.21 bits per heavy atom. The highest BCUT2D eigenvalue weighted by Gasteiger charge is 2.16. The van der Waals surface area contributed by atoms with Crippen LogP contribution < -0.4 is 5.32 Å². The molecule has 1 aromatic heterocycles. The van der Waals surface area contributed by atoms with Crippen molar-refractivity contribution in [2.45, 2.75) is 72.3 Å². The van der Waals surface area contributed by atoms with E-state index in [1.165, 1.54) is 17.3 Å². The Labute approximate surface area is 166 Å². The zero-order valence-electron chi connectivity index (χ0n) is 17.4. The topological polar surface area (TPSA) is 64.1 Å². The number of nitrogens with one attached hydrogen (secondary N) is 1. The molecule has 0 atom stereocenters. The van der Waals surface area contributed by atoms with Crippen LogP contribution in [-0.4, -0.2) is 21.5 Å². The summed E-state index contributed by atoms with van der Waals surface area (Å²) in [5.41, 5.74) is 3.19. The number of ether oxygens (including phenoxy) is 1. The first-order valence-electron chi connectivity index (χ1n) is 9.77. The maximum atomic E-state index is 13.3. The summed E-state index contributed by atoms with van der Waals surface area (Å²) in [6.07, 6.45) is 5.11. The molecule has 0 aliphatic rings. The zero-order chi connectivity index (χ0) is 20.7. The molecular formula is C22H30FN3O2. The molecule has 5 nitrogen and oxygen atoms in total. The Kier molecular flexibility index (Phi) is 7.49. The lowest BCUT2D eigenvalue weighted by Crippen LogP contribution is -2.23. The van der Waals surface area contributed by atoms with Crippen molar-refractivity contribution in [3.8, 4) is 0 Å². The Morgan fingerprint density at radius 3 is 2.61 bits per heavy atom. The Hall–Kier alpha value is -2.50. The minimum absolute atomic E-state index is 0.161. The molecule has 152 valence electrons. The van der Waals surface area contributed by atoms with Crippen LogP contribution in [0, 0.1) is 12.7 Å². The summed E-state index contributed by atoms with van der Waals surface area (Å²) in [7, 11) is 0. The maximum Gasteiger partial charge on any atom is 0.306 e. The van der Waals surface area contributed by atoms with Crippen LogP contribution in [0.2, 0.25) is 0 Å². The lowest BCUT2D eigenvalue weighted by atomic mass is 9.98. The molecule has 0 aliphatic carbocycles. The van der Waals surface area contributed by atoms with Crippen LogP contribution in [0.1, 0.15) is 63.8 Å². The number of carbonyl (C=O) groups excluding carboxylic acids is 1. The molecule has 2 rings (SSSR count). The van der Waals surface area contributed by atoms with Crippen molar-refractivity contribution >= 4 is 17.6 Å². The molecule has 2 aromatic rings. The summed E-state index contributed by atoms with van der Waals surface area (Å²) in [6.45, 7) is 9.38. The van der Waals surface area contributed by atoms with Gasteiger partial charge in [0.1, 0.15) is 5.60 Å². The first kappa shape index (κ1) is 21.8. The van der Waals surface area contributed by atoms with Crippen LogP contribution in [-0.2, 0) is 22.4 Å². The zero-order valence-corrected chi connectivity index (χ0v) is 17.4. The molecule has 6 heteroatoms. The molecule has 0 saturated carbocycles. The predicted molar refractivity (Wildman–Crippen MR) is 109 cm³/mol. The van der Waals surface area contributed by atoms with Gasteiger partial charge in [-0.25, -0.2) is 14.4 Å². The normalized spacial score (nSPS) is 11.4. The summed E-state index contributed by atoms with van der Waals surface area (Å²) in [6, 6.07) is 6.11. The van der Waals surface area contributed by atoms with E-state index in [0.29, 0.717) is 18.1 Å². The van der Waals surface area contributed by atoms with Gasteiger partial charge in [0.25, 0.3) is 0 Å². The van der Waals surface area contributed by atoms with E-state index < -0.39 is 11.4 Å². The summed E-state index contributed by atoms with van der Waals surface area (Å²) >= 11 is 0. The van der Waals surface area contributed by atoms with Crippen molar-refractivity contribution in [1.29, 1.82) is 0 Å². The smallest absolute Gasteiger partial charge is 0.306 e. The fourth-order valence-corrected chi connectivity index (χ4v) is 2.91. The van der Waals surface area contributed by atoms with Gasteiger partial charge in [0.05, 0.1) is 11.9 Å². The second-order valence-corrected chi connectivity index (χ2v) is 7.93. The number of nitrogens with zero attached hydrogens (tertiary/aromatic N) is 2. The molecule has 28 heavy (non-hydrogen) atoms. The van der Waals surface area contributed by atoms with Gasteiger partial charge in [0, 0.05) is 12.1 Å². The van der Waals surface area contributed by atoms with Gasteiger partial charge in [0.2, 0.25) is 5.95 Å². The number of hydrogen-bond donors (Lipinski definition) is 1. The molecule has 1 N–H and O–H groups in total. The largest absolute Gasteiger partial charge is 0.460 e. The van der Waals surface area contributed by atoms with Crippen molar-refractivity contribution in [2.24, 2.45) is 0 Å². The monoisotopic (exact) mass is 387 g/mol. The molecule has 0 spiro atoms. The number of aromatic nitrogens is 2. The van der Waals surface area contributed by atoms with Crippen molar-refractivity contribution < 1.29 is 13.9 Å². The highest BCUT2D eigenvalue weighted by molar-refractivity contribution is 5.69. The summed E-state index contributed by atoms with van der Waals surface area (Å²) in [4.78, 5) is 20.0. The van der Waals surface area contributed by atoms with E-state index in [1.54, 1.807) is 6.92 Å². The quantitative estimate of drug-likeness (QED) is 0.624. The predicted octanol–water partition coefficient (Wildman–Crippen LogP) is 5.28. The third-order valence-corrected chi connectivity index (χ3v) is 4.15. The maximum absolute atomic E-state index is 13.3. The number of esters is 1. The molecule has 0 amide bonds. The van der Waals surface area contributed by atoms with Gasteiger partial charge >= 0.3 is 5.97 Å². The van der Waals surface area contributed by atoms with Gasteiger partial charge < -0.3 is 10.1 Å². The van der Waals surface area contributed by atoms with Gasteiger partial charge in [-0.1, -0.05) is 19.4 Å². The Balaban J connectivity index is 2.03. The molecule has 1 heterocycles. The van der Waals surface area contributed by atoms with Gasteiger partial charge in [-0.15, -0.1) is 0 Å². The molecule has 0 fully saturated rings. The van der Waals surface area contributed by atoms with Crippen LogP contribution >= 0.6 is 0 Å². The van der Waals surface area contributed by atoms with E-state index in [0.717, 1.165) is 31.4 Å². The van der Waals surface area contributed by atoms with E-state index in [1.807, 2.05) is 26.8 Å².